The van der Waals surface area contributed by atoms with Crippen LogP contribution in [-0.2, 0) is 11.3 Å². The van der Waals surface area contributed by atoms with Crippen molar-refractivity contribution in [1.82, 2.24) is 14.8 Å². The van der Waals surface area contributed by atoms with Gasteiger partial charge in [-0.05, 0) is 32.4 Å². The number of benzene rings is 1. The second-order valence-electron chi connectivity index (χ2n) is 5.35. The lowest BCUT2D eigenvalue weighted by atomic mass is 10.1. The van der Waals surface area contributed by atoms with Crippen molar-refractivity contribution in [3.8, 4) is 0 Å². The molecule has 2 rings (SSSR count). The Labute approximate surface area is 143 Å². The van der Waals surface area contributed by atoms with Crippen molar-refractivity contribution in [2.24, 2.45) is 0 Å². The molecule has 1 aromatic heterocycles. The van der Waals surface area contributed by atoms with E-state index in [9.17, 15) is 14.4 Å². The van der Waals surface area contributed by atoms with Crippen molar-refractivity contribution in [3.63, 3.8) is 0 Å². The van der Waals surface area contributed by atoms with Crippen LogP contribution in [0.2, 0.25) is 0 Å². The molecule has 0 spiro atoms. The van der Waals surface area contributed by atoms with Crippen molar-refractivity contribution >= 4 is 29.1 Å². The number of rotatable bonds is 7. The standard InChI is InChI=1S/C16H20N4O3S/c1-4-8-20-15(23)18-19-16(20)24-11(3)14(22)17-13-7-5-6-12(9-13)10(2)21/h5-7,9,11H,4,8H2,1-3H3,(H,17,22)(H,18,23)/t11-/m0/s1. The minimum Gasteiger partial charge on any atom is -0.325 e. The van der Waals surface area contributed by atoms with Crippen LogP contribution in [0.4, 0.5) is 5.69 Å². The number of nitrogens with one attached hydrogen (secondary N) is 2. The molecule has 2 aromatic rings. The van der Waals surface area contributed by atoms with Crippen LogP contribution in [0.3, 0.4) is 0 Å². The van der Waals surface area contributed by atoms with E-state index in [-0.39, 0.29) is 17.4 Å². The predicted molar refractivity (Wildman–Crippen MR) is 93.5 cm³/mol. The average molecular weight is 348 g/mol. The van der Waals surface area contributed by atoms with E-state index in [0.29, 0.717) is 23.0 Å². The lowest BCUT2D eigenvalue weighted by molar-refractivity contribution is -0.115. The Kier molecular flexibility index (Phi) is 5.97. The van der Waals surface area contributed by atoms with Gasteiger partial charge in [0.15, 0.2) is 10.9 Å². The van der Waals surface area contributed by atoms with Crippen LogP contribution in [0.5, 0.6) is 0 Å². The van der Waals surface area contributed by atoms with Gasteiger partial charge < -0.3 is 5.32 Å². The number of ketones is 1. The molecule has 0 aliphatic carbocycles. The van der Waals surface area contributed by atoms with Gasteiger partial charge in [0, 0.05) is 17.8 Å². The van der Waals surface area contributed by atoms with Gasteiger partial charge in [-0.25, -0.2) is 9.89 Å². The van der Waals surface area contributed by atoms with Crippen LogP contribution in [0, 0.1) is 0 Å². The van der Waals surface area contributed by atoms with Crippen LogP contribution in [-0.4, -0.2) is 31.7 Å². The molecule has 0 aliphatic heterocycles. The second-order valence-corrected chi connectivity index (χ2v) is 6.66. The minimum atomic E-state index is -0.447. The zero-order chi connectivity index (χ0) is 17.7. The van der Waals surface area contributed by atoms with Crippen LogP contribution in [0.25, 0.3) is 0 Å². The molecule has 0 saturated heterocycles. The number of H-pyrrole nitrogens is 1. The summed E-state index contributed by atoms with van der Waals surface area (Å²) >= 11 is 1.21. The number of thioether (sulfide) groups is 1. The van der Waals surface area contributed by atoms with E-state index >= 15 is 0 Å². The molecule has 7 nitrogen and oxygen atoms in total. The molecule has 0 bridgehead atoms. The molecular formula is C16H20N4O3S. The predicted octanol–water partition coefficient (Wildman–Crippen LogP) is 2.30. The average Bonchev–Trinajstić information content (AvgIpc) is 2.88. The van der Waals surface area contributed by atoms with Crippen LogP contribution in [0.1, 0.15) is 37.6 Å². The van der Waals surface area contributed by atoms with Crippen molar-refractivity contribution in [1.29, 1.82) is 0 Å². The summed E-state index contributed by atoms with van der Waals surface area (Å²) in [7, 11) is 0. The number of carbonyl (C=O) groups excluding carboxylic acids is 2. The second kappa shape index (κ2) is 7.96. The molecule has 128 valence electrons. The molecule has 0 aliphatic rings. The Morgan fingerprint density at radius 2 is 2.17 bits per heavy atom. The summed E-state index contributed by atoms with van der Waals surface area (Å²) in [4.78, 5) is 35.4. The molecule has 0 radical (unpaired) electrons. The summed E-state index contributed by atoms with van der Waals surface area (Å²) in [6.45, 7) is 5.73. The van der Waals surface area contributed by atoms with Gasteiger partial charge in [0.25, 0.3) is 0 Å². The van der Waals surface area contributed by atoms with E-state index in [0.717, 1.165) is 6.42 Å². The Bertz CT molecular complexity index is 797. The lowest BCUT2D eigenvalue weighted by Gasteiger charge is -2.12. The number of aromatic amines is 1. The van der Waals surface area contributed by atoms with E-state index in [1.54, 1.807) is 31.2 Å². The van der Waals surface area contributed by atoms with Gasteiger partial charge in [-0.3, -0.25) is 14.2 Å². The summed E-state index contributed by atoms with van der Waals surface area (Å²) in [5.74, 6) is -0.284. The van der Waals surface area contributed by atoms with Crippen molar-refractivity contribution in [2.75, 3.05) is 5.32 Å². The Morgan fingerprint density at radius 3 is 2.83 bits per heavy atom. The number of hydrogen-bond donors (Lipinski definition) is 2. The van der Waals surface area contributed by atoms with Crippen molar-refractivity contribution in [3.05, 3.63) is 40.3 Å². The minimum absolute atomic E-state index is 0.0615. The summed E-state index contributed by atoms with van der Waals surface area (Å²) in [5, 5.41) is 9.19. The Balaban J connectivity index is 2.06. The van der Waals surface area contributed by atoms with E-state index in [1.165, 1.54) is 23.3 Å². The molecule has 0 fully saturated rings. The highest BCUT2D eigenvalue weighted by atomic mass is 32.2. The molecule has 24 heavy (non-hydrogen) atoms. The summed E-state index contributed by atoms with van der Waals surface area (Å²) in [6.07, 6.45) is 0.797. The van der Waals surface area contributed by atoms with Crippen LogP contribution >= 0.6 is 11.8 Å². The third kappa shape index (κ3) is 4.35. The fourth-order valence-electron chi connectivity index (χ4n) is 2.09. The maximum atomic E-state index is 12.3. The number of carbonyl (C=O) groups is 2. The summed E-state index contributed by atoms with van der Waals surface area (Å²) < 4.78 is 1.52. The molecule has 0 saturated carbocycles. The first-order valence-corrected chi connectivity index (χ1v) is 8.54. The highest BCUT2D eigenvalue weighted by Gasteiger charge is 2.19. The number of aromatic nitrogens is 3. The normalized spacial score (nSPS) is 12.0. The zero-order valence-corrected chi connectivity index (χ0v) is 14.6. The lowest BCUT2D eigenvalue weighted by Crippen LogP contribution is -2.24. The number of nitrogens with zero attached hydrogens (tertiary/aromatic N) is 2. The van der Waals surface area contributed by atoms with Crippen molar-refractivity contribution in [2.45, 2.75) is 44.1 Å². The third-order valence-corrected chi connectivity index (χ3v) is 4.45. The topological polar surface area (TPSA) is 96.8 Å². The van der Waals surface area contributed by atoms with E-state index < -0.39 is 5.25 Å². The molecule has 1 heterocycles. The molecule has 1 aromatic carbocycles. The molecule has 2 N–H and O–H groups in total. The maximum Gasteiger partial charge on any atom is 0.343 e. The van der Waals surface area contributed by atoms with Gasteiger partial charge in [0.1, 0.15) is 0 Å². The Hall–Kier alpha value is -2.35. The van der Waals surface area contributed by atoms with Gasteiger partial charge in [-0.2, -0.15) is 0 Å². The highest BCUT2D eigenvalue weighted by Crippen LogP contribution is 2.21. The van der Waals surface area contributed by atoms with Gasteiger partial charge in [-0.15, -0.1) is 5.10 Å². The SMILES string of the molecule is CCCn1c(S[C@@H](C)C(=O)Nc2cccc(C(C)=O)c2)n[nH]c1=O. The first kappa shape index (κ1) is 18.0. The van der Waals surface area contributed by atoms with E-state index in [1.807, 2.05) is 6.92 Å². The highest BCUT2D eigenvalue weighted by molar-refractivity contribution is 8.00. The first-order chi connectivity index (χ1) is 11.4. The summed E-state index contributed by atoms with van der Waals surface area (Å²) in [5.41, 5.74) is 0.825. The molecule has 8 heteroatoms. The Morgan fingerprint density at radius 1 is 1.42 bits per heavy atom. The quantitative estimate of drug-likeness (QED) is 0.591. The number of hydrogen-bond acceptors (Lipinski definition) is 5. The van der Waals surface area contributed by atoms with Gasteiger partial charge in [0.2, 0.25) is 5.91 Å². The van der Waals surface area contributed by atoms with Gasteiger partial charge >= 0.3 is 5.69 Å². The van der Waals surface area contributed by atoms with Crippen LogP contribution < -0.4 is 11.0 Å². The monoisotopic (exact) mass is 348 g/mol. The number of anilines is 1. The fourth-order valence-corrected chi connectivity index (χ4v) is 2.97. The van der Waals surface area contributed by atoms with Gasteiger partial charge in [0.05, 0.1) is 5.25 Å². The zero-order valence-electron chi connectivity index (χ0n) is 13.8. The molecular weight excluding hydrogens is 328 g/mol. The van der Waals surface area contributed by atoms with E-state index in [4.69, 9.17) is 0 Å². The number of Topliss-reactive ketones (excluding diaryl/α,β-unsaturated/α-hetero) is 1. The maximum absolute atomic E-state index is 12.3. The molecule has 1 atom stereocenters. The first-order valence-electron chi connectivity index (χ1n) is 7.66. The summed E-state index contributed by atoms with van der Waals surface area (Å²) in [6, 6.07) is 6.78. The van der Waals surface area contributed by atoms with Crippen LogP contribution in [0.15, 0.2) is 34.2 Å². The smallest absolute Gasteiger partial charge is 0.325 e. The van der Waals surface area contributed by atoms with Crippen molar-refractivity contribution < 1.29 is 9.59 Å². The van der Waals surface area contributed by atoms with E-state index in [2.05, 4.69) is 15.5 Å². The third-order valence-electron chi connectivity index (χ3n) is 3.36. The van der Waals surface area contributed by atoms with Gasteiger partial charge in [-0.1, -0.05) is 30.8 Å². The largest absolute Gasteiger partial charge is 0.343 e. The fraction of sp³-hybridized carbons (Fsp3) is 0.375. The molecule has 0 unspecified atom stereocenters. The molecule has 1 amide bonds. The number of amides is 1.